The summed E-state index contributed by atoms with van der Waals surface area (Å²) in [5.41, 5.74) is 0. The maximum absolute atomic E-state index is 9.32. The second kappa shape index (κ2) is 3.68. The molecule has 1 fully saturated rings. The average molecular weight is 178 g/mol. The molecule has 0 radical (unpaired) electrons. The van der Waals surface area contributed by atoms with Crippen molar-refractivity contribution in [2.75, 3.05) is 6.61 Å². The van der Waals surface area contributed by atoms with E-state index in [-0.39, 0.29) is 12.5 Å². The van der Waals surface area contributed by atoms with Gasteiger partial charge in [-0.2, -0.15) is 0 Å². The predicted molar refractivity (Wildman–Crippen MR) is 39.1 cm³/mol. The van der Waals surface area contributed by atoms with Crippen molar-refractivity contribution in [2.24, 2.45) is 5.92 Å². The second-order valence-corrected chi connectivity index (χ2v) is 3.09. The van der Waals surface area contributed by atoms with Crippen LogP contribution in [0.5, 0.6) is 0 Å². The minimum atomic E-state index is -1.41. The van der Waals surface area contributed by atoms with Crippen LogP contribution in [0.3, 0.4) is 0 Å². The summed E-state index contributed by atoms with van der Waals surface area (Å²) in [5.74, 6) is -0.381. The summed E-state index contributed by atoms with van der Waals surface area (Å²) in [5, 5.41) is 36.2. The number of hydrogen-bond donors (Lipinski definition) is 4. The van der Waals surface area contributed by atoms with E-state index in [2.05, 4.69) is 0 Å². The fourth-order valence-electron chi connectivity index (χ4n) is 1.29. The molecule has 0 spiro atoms. The lowest BCUT2D eigenvalue weighted by atomic mass is 9.91. The van der Waals surface area contributed by atoms with Crippen LogP contribution in [-0.4, -0.2) is 51.6 Å². The Labute approximate surface area is 70.2 Å². The van der Waals surface area contributed by atoms with E-state index >= 15 is 0 Å². The fraction of sp³-hybridized carbons (Fsp3) is 1.00. The molecule has 12 heavy (non-hydrogen) atoms. The number of aliphatic hydroxyl groups is 4. The summed E-state index contributed by atoms with van der Waals surface area (Å²) >= 11 is 0. The molecule has 0 saturated carbocycles. The van der Waals surface area contributed by atoms with Crippen molar-refractivity contribution in [2.45, 2.75) is 31.5 Å². The van der Waals surface area contributed by atoms with E-state index in [1.54, 1.807) is 6.92 Å². The quantitative estimate of drug-likeness (QED) is 0.375. The maximum Gasteiger partial charge on any atom is 0.183 e. The van der Waals surface area contributed by atoms with Gasteiger partial charge in [-0.1, -0.05) is 6.92 Å². The van der Waals surface area contributed by atoms with E-state index in [1.807, 2.05) is 0 Å². The number of aliphatic hydroxyl groups excluding tert-OH is 4. The smallest absolute Gasteiger partial charge is 0.183 e. The third kappa shape index (κ3) is 1.60. The molecule has 0 aromatic heterocycles. The van der Waals surface area contributed by atoms with Crippen LogP contribution in [0.25, 0.3) is 0 Å². The van der Waals surface area contributed by atoms with Gasteiger partial charge in [-0.05, 0) is 0 Å². The lowest BCUT2D eigenvalue weighted by Gasteiger charge is -2.38. The monoisotopic (exact) mass is 178 g/mol. The van der Waals surface area contributed by atoms with Crippen molar-refractivity contribution in [3.8, 4) is 0 Å². The molecule has 72 valence electrons. The Kier molecular flexibility index (Phi) is 3.03. The lowest BCUT2D eigenvalue weighted by molar-refractivity contribution is -0.271. The third-order valence-electron chi connectivity index (χ3n) is 2.26. The number of rotatable bonds is 1. The van der Waals surface area contributed by atoms with Crippen molar-refractivity contribution < 1.29 is 25.2 Å². The SMILES string of the molecule is C[C@H]1C(CO)O[C@@H](O)C(O)[C@@H]1O. The Morgan fingerprint density at radius 1 is 1.17 bits per heavy atom. The molecule has 0 bridgehead atoms. The van der Waals surface area contributed by atoms with Gasteiger partial charge in [0.25, 0.3) is 0 Å². The molecule has 1 aliphatic rings. The van der Waals surface area contributed by atoms with Crippen molar-refractivity contribution >= 4 is 0 Å². The van der Waals surface area contributed by atoms with Gasteiger partial charge in [0.1, 0.15) is 6.10 Å². The molecule has 0 aromatic rings. The Hall–Kier alpha value is -0.200. The van der Waals surface area contributed by atoms with Gasteiger partial charge >= 0.3 is 0 Å². The summed E-state index contributed by atoms with van der Waals surface area (Å²) in [4.78, 5) is 0. The van der Waals surface area contributed by atoms with Crippen molar-refractivity contribution in [1.29, 1.82) is 0 Å². The molecule has 0 amide bonds. The first kappa shape index (κ1) is 9.88. The topological polar surface area (TPSA) is 90.2 Å². The molecule has 5 nitrogen and oxygen atoms in total. The van der Waals surface area contributed by atoms with E-state index in [9.17, 15) is 5.11 Å². The summed E-state index contributed by atoms with van der Waals surface area (Å²) in [6.45, 7) is 1.36. The van der Waals surface area contributed by atoms with Gasteiger partial charge in [-0.25, -0.2) is 0 Å². The minimum absolute atomic E-state index is 0.276. The molecule has 1 saturated heterocycles. The van der Waals surface area contributed by atoms with Crippen molar-refractivity contribution in [3.63, 3.8) is 0 Å². The molecule has 0 aromatic carbocycles. The summed E-state index contributed by atoms with van der Waals surface area (Å²) < 4.78 is 4.83. The molecule has 0 aliphatic carbocycles. The zero-order valence-corrected chi connectivity index (χ0v) is 6.79. The van der Waals surface area contributed by atoms with Gasteiger partial charge in [0, 0.05) is 5.92 Å². The maximum atomic E-state index is 9.32. The van der Waals surface area contributed by atoms with Gasteiger partial charge in [0.2, 0.25) is 0 Å². The van der Waals surface area contributed by atoms with Gasteiger partial charge in [-0.15, -0.1) is 0 Å². The highest BCUT2D eigenvalue weighted by Crippen LogP contribution is 2.24. The molecule has 5 atom stereocenters. The Bertz CT molecular complexity index is 146. The van der Waals surface area contributed by atoms with Gasteiger partial charge in [-0.3, -0.25) is 0 Å². The Morgan fingerprint density at radius 2 is 1.75 bits per heavy atom. The molecular formula is C7H14O5. The van der Waals surface area contributed by atoms with Crippen LogP contribution in [0.1, 0.15) is 6.92 Å². The van der Waals surface area contributed by atoms with E-state index in [0.29, 0.717) is 0 Å². The number of hydrogen-bond acceptors (Lipinski definition) is 5. The highest BCUT2D eigenvalue weighted by molar-refractivity contribution is 4.85. The zero-order valence-electron chi connectivity index (χ0n) is 6.79. The van der Waals surface area contributed by atoms with Crippen molar-refractivity contribution in [1.82, 2.24) is 0 Å². The highest BCUT2D eigenvalue weighted by Gasteiger charge is 2.40. The fourth-order valence-corrected chi connectivity index (χ4v) is 1.29. The van der Waals surface area contributed by atoms with Gasteiger partial charge in [0.15, 0.2) is 6.29 Å². The minimum Gasteiger partial charge on any atom is -0.394 e. The van der Waals surface area contributed by atoms with E-state index < -0.39 is 24.6 Å². The summed E-state index contributed by atoms with van der Waals surface area (Å²) in [6, 6.07) is 0. The zero-order chi connectivity index (χ0) is 9.30. The molecule has 2 unspecified atom stereocenters. The first-order valence-electron chi connectivity index (χ1n) is 3.88. The van der Waals surface area contributed by atoms with Crippen LogP contribution >= 0.6 is 0 Å². The predicted octanol–water partition coefficient (Wildman–Crippen LogP) is -1.95. The molecule has 1 rings (SSSR count). The molecule has 1 aliphatic heterocycles. The van der Waals surface area contributed by atoms with Crippen molar-refractivity contribution in [3.05, 3.63) is 0 Å². The summed E-state index contributed by atoms with van der Waals surface area (Å²) in [7, 11) is 0. The van der Waals surface area contributed by atoms with Gasteiger partial charge in [0.05, 0.1) is 18.8 Å². The second-order valence-electron chi connectivity index (χ2n) is 3.09. The Balaban J connectivity index is 2.63. The van der Waals surface area contributed by atoms with E-state index in [0.717, 1.165) is 0 Å². The first-order chi connectivity index (χ1) is 5.57. The Morgan fingerprint density at radius 3 is 2.25 bits per heavy atom. The number of ether oxygens (including phenoxy) is 1. The molecule has 4 N–H and O–H groups in total. The highest BCUT2D eigenvalue weighted by atomic mass is 16.6. The van der Waals surface area contributed by atoms with E-state index in [1.165, 1.54) is 0 Å². The average Bonchev–Trinajstić information content (AvgIpc) is 2.08. The lowest BCUT2D eigenvalue weighted by Crippen LogP contribution is -2.54. The van der Waals surface area contributed by atoms with Gasteiger partial charge < -0.3 is 25.2 Å². The summed E-state index contributed by atoms with van der Waals surface area (Å²) in [6.07, 6.45) is -4.36. The van der Waals surface area contributed by atoms with Crippen LogP contribution in [0.15, 0.2) is 0 Å². The van der Waals surface area contributed by atoms with Crippen LogP contribution in [0.2, 0.25) is 0 Å². The largest absolute Gasteiger partial charge is 0.394 e. The van der Waals surface area contributed by atoms with Crippen LogP contribution in [0.4, 0.5) is 0 Å². The first-order valence-corrected chi connectivity index (χ1v) is 3.88. The molecular weight excluding hydrogens is 164 g/mol. The van der Waals surface area contributed by atoms with E-state index in [4.69, 9.17) is 20.1 Å². The third-order valence-corrected chi connectivity index (χ3v) is 2.26. The molecule has 5 heteroatoms. The van der Waals surface area contributed by atoms with Crippen LogP contribution in [0, 0.1) is 5.92 Å². The van der Waals surface area contributed by atoms with Crippen LogP contribution < -0.4 is 0 Å². The normalized spacial score (nSPS) is 49.2. The van der Waals surface area contributed by atoms with Crippen LogP contribution in [-0.2, 0) is 4.74 Å². The standard InChI is InChI=1S/C7H14O5/c1-3-4(2-8)12-7(11)6(10)5(3)9/h3-11H,2H2,1H3/t3-,4?,5+,6?,7+/m0/s1. The molecule has 1 heterocycles.